The lowest BCUT2D eigenvalue weighted by atomic mass is 10.1. The second-order valence-electron chi connectivity index (χ2n) is 6.38. The predicted octanol–water partition coefficient (Wildman–Crippen LogP) is 5.93. The van der Waals surface area contributed by atoms with Gasteiger partial charge in [0, 0.05) is 34.6 Å². The molecule has 0 fully saturated rings. The van der Waals surface area contributed by atoms with Crippen molar-refractivity contribution >= 4 is 33.2 Å². The van der Waals surface area contributed by atoms with E-state index < -0.39 is 17.6 Å². The van der Waals surface area contributed by atoms with E-state index in [4.69, 9.17) is 0 Å². The fraction of sp³-hybridized carbons (Fsp3) is 0.200. The highest BCUT2D eigenvalue weighted by atomic mass is 79.9. The molecule has 3 aromatic rings. The summed E-state index contributed by atoms with van der Waals surface area (Å²) in [5.41, 5.74) is 0.719. The maximum absolute atomic E-state index is 13.9. The Morgan fingerprint density at radius 2 is 1.86 bits per heavy atom. The van der Waals surface area contributed by atoms with E-state index in [2.05, 4.69) is 20.9 Å². The molecule has 0 radical (unpaired) electrons. The lowest BCUT2D eigenvalue weighted by Crippen LogP contribution is -2.28. The third-order valence-electron chi connectivity index (χ3n) is 4.18. The summed E-state index contributed by atoms with van der Waals surface area (Å²) < 4.78 is 52.6. The number of carbonyl (C=O) groups is 1. The molecule has 3 rings (SSSR count). The van der Waals surface area contributed by atoms with Crippen LogP contribution in [0.15, 0.2) is 52.3 Å². The summed E-state index contributed by atoms with van der Waals surface area (Å²) in [6, 6.07) is 9.24. The van der Waals surface area contributed by atoms with Gasteiger partial charge in [-0.05, 0) is 30.3 Å². The Morgan fingerprint density at radius 3 is 2.52 bits per heavy atom. The number of hydrogen-bond acceptors (Lipinski definition) is 3. The molecule has 0 unspecified atom stereocenters. The topological polar surface area (TPSA) is 33.2 Å². The van der Waals surface area contributed by atoms with Crippen LogP contribution in [-0.4, -0.2) is 22.8 Å². The van der Waals surface area contributed by atoms with Crippen molar-refractivity contribution < 1.29 is 22.4 Å². The second kappa shape index (κ2) is 8.62. The third kappa shape index (κ3) is 5.42. The molecule has 0 saturated carbocycles. The summed E-state index contributed by atoms with van der Waals surface area (Å²) in [5.74, 6) is -0.639. The van der Waals surface area contributed by atoms with Crippen molar-refractivity contribution in [3.05, 3.63) is 75.0 Å². The van der Waals surface area contributed by atoms with Gasteiger partial charge in [-0.25, -0.2) is 9.37 Å². The van der Waals surface area contributed by atoms with Crippen LogP contribution in [0.3, 0.4) is 0 Å². The first-order valence-electron chi connectivity index (χ1n) is 8.43. The average molecular weight is 487 g/mol. The molecule has 2 aromatic carbocycles. The van der Waals surface area contributed by atoms with Crippen LogP contribution in [0.5, 0.6) is 0 Å². The number of likely N-dealkylation sites (N-methyl/N-ethyl adjacent to an activating group) is 1. The van der Waals surface area contributed by atoms with Gasteiger partial charge in [-0.2, -0.15) is 13.2 Å². The van der Waals surface area contributed by atoms with Crippen molar-refractivity contribution in [2.45, 2.75) is 19.1 Å². The minimum Gasteiger partial charge on any atom is -0.341 e. The van der Waals surface area contributed by atoms with Crippen molar-refractivity contribution in [2.75, 3.05) is 7.05 Å². The molecule has 152 valence electrons. The van der Waals surface area contributed by atoms with Gasteiger partial charge in [0.25, 0.3) is 0 Å². The van der Waals surface area contributed by atoms with Gasteiger partial charge in [-0.15, -0.1) is 11.3 Å². The van der Waals surface area contributed by atoms with Crippen molar-refractivity contribution in [2.24, 2.45) is 0 Å². The van der Waals surface area contributed by atoms with Crippen LogP contribution >= 0.6 is 27.3 Å². The van der Waals surface area contributed by atoms with Gasteiger partial charge in [0.2, 0.25) is 5.91 Å². The Balaban J connectivity index is 1.66. The molecule has 0 saturated heterocycles. The molecule has 0 aliphatic rings. The quantitative estimate of drug-likeness (QED) is 0.418. The molecule has 0 atom stereocenters. The fourth-order valence-corrected chi connectivity index (χ4v) is 3.85. The molecule has 0 aliphatic carbocycles. The van der Waals surface area contributed by atoms with Crippen LogP contribution in [-0.2, 0) is 23.9 Å². The summed E-state index contributed by atoms with van der Waals surface area (Å²) in [6.45, 7) is 0.111. The lowest BCUT2D eigenvalue weighted by molar-refractivity contribution is -0.137. The summed E-state index contributed by atoms with van der Waals surface area (Å²) >= 11 is 4.52. The van der Waals surface area contributed by atoms with Crippen LogP contribution in [0.4, 0.5) is 17.6 Å². The Bertz CT molecular complexity index is 1020. The van der Waals surface area contributed by atoms with Gasteiger partial charge in [0.05, 0.1) is 17.7 Å². The monoisotopic (exact) mass is 486 g/mol. The highest BCUT2D eigenvalue weighted by molar-refractivity contribution is 9.10. The molecule has 29 heavy (non-hydrogen) atoms. The first kappa shape index (κ1) is 21.4. The molecule has 1 heterocycles. The van der Waals surface area contributed by atoms with Crippen LogP contribution in [0.25, 0.3) is 10.6 Å². The number of thiazole rings is 1. The third-order valence-corrected chi connectivity index (χ3v) is 5.62. The van der Waals surface area contributed by atoms with Gasteiger partial charge >= 0.3 is 6.18 Å². The van der Waals surface area contributed by atoms with Crippen LogP contribution in [0, 0.1) is 5.82 Å². The molecule has 0 spiro atoms. The van der Waals surface area contributed by atoms with Gasteiger partial charge < -0.3 is 4.90 Å². The maximum Gasteiger partial charge on any atom is 0.416 e. The van der Waals surface area contributed by atoms with E-state index in [1.54, 1.807) is 24.6 Å². The van der Waals surface area contributed by atoms with Gasteiger partial charge in [0.1, 0.15) is 10.8 Å². The van der Waals surface area contributed by atoms with E-state index in [1.165, 1.54) is 34.4 Å². The van der Waals surface area contributed by atoms with Crippen molar-refractivity contribution in [1.29, 1.82) is 0 Å². The minimum atomic E-state index is -4.39. The molecular weight excluding hydrogens is 472 g/mol. The normalized spacial score (nSPS) is 11.5. The number of carbonyl (C=O) groups excluding carboxylic acids is 1. The van der Waals surface area contributed by atoms with E-state index in [0.29, 0.717) is 21.8 Å². The second-order valence-corrected chi connectivity index (χ2v) is 8.16. The molecule has 0 N–H and O–H groups in total. The summed E-state index contributed by atoms with van der Waals surface area (Å²) in [6.07, 6.45) is -4.37. The zero-order valence-electron chi connectivity index (χ0n) is 15.1. The van der Waals surface area contributed by atoms with E-state index in [1.807, 2.05) is 0 Å². The van der Waals surface area contributed by atoms with Crippen molar-refractivity contribution in [1.82, 2.24) is 9.88 Å². The number of nitrogens with zero attached hydrogens (tertiary/aromatic N) is 2. The molecule has 9 heteroatoms. The van der Waals surface area contributed by atoms with E-state index >= 15 is 0 Å². The van der Waals surface area contributed by atoms with Crippen LogP contribution in [0.1, 0.15) is 16.8 Å². The van der Waals surface area contributed by atoms with Crippen molar-refractivity contribution in [3.8, 4) is 10.6 Å². The number of rotatable bonds is 5. The molecule has 1 amide bonds. The Kier molecular flexibility index (Phi) is 6.38. The van der Waals surface area contributed by atoms with Crippen LogP contribution < -0.4 is 0 Å². The lowest BCUT2D eigenvalue weighted by Gasteiger charge is -2.17. The number of amides is 1. The van der Waals surface area contributed by atoms with Gasteiger partial charge in [-0.3, -0.25) is 4.79 Å². The van der Waals surface area contributed by atoms with E-state index in [-0.39, 0.29) is 18.9 Å². The zero-order chi connectivity index (χ0) is 21.2. The van der Waals surface area contributed by atoms with Crippen molar-refractivity contribution in [3.63, 3.8) is 0 Å². The number of benzene rings is 2. The fourth-order valence-electron chi connectivity index (χ4n) is 2.62. The standard InChI is InChI=1S/C20H15BrF4N2OS/c1-27(10-13-8-15(21)6-7-17(13)22)18(28)9-16-11-29-19(26-16)12-2-4-14(5-3-12)20(23,24)25/h2-8,11H,9-10H2,1H3. The molecule has 0 aliphatic heterocycles. The number of hydrogen-bond donors (Lipinski definition) is 0. The first-order chi connectivity index (χ1) is 13.6. The van der Waals surface area contributed by atoms with Gasteiger partial charge in [0.15, 0.2) is 0 Å². The highest BCUT2D eigenvalue weighted by Crippen LogP contribution is 2.31. The largest absolute Gasteiger partial charge is 0.416 e. The summed E-state index contributed by atoms with van der Waals surface area (Å²) in [7, 11) is 1.58. The maximum atomic E-state index is 13.9. The Hall–Kier alpha value is -2.26. The number of halogens is 5. The zero-order valence-corrected chi connectivity index (χ0v) is 17.5. The summed E-state index contributed by atoms with van der Waals surface area (Å²) in [5, 5.41) is 2.22. The number of alkyl halides is 3. The van der Waals surface area contributed by atoms with Crippen LogP contribution in [0.2, 0.25) is 0 Å². The van der Waals surface area contributed by atoms with Gasteiger partial charge in [-0.1, -0.05) is 28.1 Å². The smallest absolute Gasteiger partial charge is 0.341 e. The molecular formula is C20H15BrF4N2OS. The predicted molar refractivity (Wildman–Crippen MR) is 107 cm³/mol. The van der Waals surface area contributed by atoms with E-state index in [9.17, 15) is 22.4 Å². The molecule has 3 nitrogen and oxygen atoms in total. The van der Waals surface area contributed by atoms with E-state index in [0.717, 1.165) is 16.6 Å². The average Bonchev–Trinajstić information content (AvgIpc) is 3.12. The number of aromatic nitrogens is 1. The highest BCUT2D eigenvalue weighted by Gasteiger charge is 2.30. The molecule has 1 aromatic heterocycles. The minimum absolute atomic E-state index is 0.0171. The first-order valence-corrected chi connectivity index (χ1v) is 10.1. The SMILES string of the molecule is CN(Cc1cc(Br)ccc1F)C(=O)Cc1csc(-c2ccc(C(F)(F)F)cc2)n1. The summed E-state index contributed by atoms with van der Waals surface area (Å²) in [4.78, 5) is 18.2. The Morgan fingerprint density at radius 1 is 1.17 bits per heavy atom. The molecule has 0 bridgehead atoms. The Labute approximate surface area is 177 Å².